The normalized spacial score (nSPS) is 13.3. The second-order valence-electron chi connectivity index (χ2n) is 6.05. The summed E-state index contributed by atoms with van der Waals surface area (Å²) in [6.45, 7) is 0. The Hall–Kier alpha value is -4.06. The van der Waals surface area contributed by atoms with Crippen molar-refractivity contribution >= 4 is 11.6 Å². The van der Waals surface area contributed by atoms with Crippen molar-refractivity contribution in [3.63, 3.8) is 0 Å². The van der Waals surface area contributed by atoms with Gasteiger partial charge >= 0.3 is 0 Å². The molecule has 6 heteroatoms. The zero-order chi connectivity index (χ0) is 19.7. The third kappa shape index (κ3) is 3.19. The predicted octanol–water partition coefficient (Wildman–Crippen LogP) is 3.85. The Morgan fingerprint density at radius 2 is 0.893 bits per heavy atom. The smallest absolute Gasteiger partial charge is 0.233 e. The number of fused-ring (bicyclic) bond motifs is 1. The molecule has 0 aliphatic heterocycles. The lowest BCUT2D eigenvalue weighted by molar-refractivity contribution is 0.0897. The van der Waals surface area contributed by atoms with Crippen molar-refractivity contribution in [2.45, 2.75) is 0 Å². The number of hydrogen-bond acceptors (Lipinski definition) is 6. The highest BCUT2D eigenvalue weighted by atomic mass is 16.5. The van der Waals surface area contributed by atoms with Crippen LogP contribution in [0.4, 0.5) is 0 Å². The van der Waals surface area contributed by atoms with Gasteiger partial charge in [0.05, 0.1) is 0 Å². The van der Waals surface area contributed by atoms with Crippen LogP contribution in [0, 0.1) is 0 Å². The van der Waals surface area contributed by atoms with Crippen molar-refractivity contribution in [3.05, 3.63) is 95.4 Å². The maximum Gasteiger partial charge on any atom is 0.233 e. The minimum absolute atomic E-state index is 0.0401. The highest BCUT2D eigenvalue weighted by Crippen LogP contribution is 2.31. The second-order valence-corrected chi connectivity index (χ2v) is 6.05. The van der Waals surface area contributed by atoms with E-state index in [1.54, 1.807) is 24.3 Å². The SMILES string of the molecule is O=C1C(Oc2ccc(O)cc2)=C(Oc2ccc(O)cc2)C(=O)c2ccccc21. The van der Waals surface area contributed by atoms with Gasteiger partial charge < -0.3 is 19.7 Å². The molecule has 0 spiro atoms. The van der Waals surface area contributed by atoms with Crippen molar-refractivity contribution in [3.8, 4) is 23.0 Å². The van der Waals surface area contributed by atoms with Crippen LogP contribution in [0.2, 0.25) is 0 Å². The molecule has 4 rings (SSSR count). The van der Waals surface area contributed by atoms with Crippen molar-refractivity contribution in [2.24, 2.45) is 0 Å². The number of carbonyl (C=O) groups excluding carboxylic acids is 2. The Labute approximate surface area is 159 Å². The van der Waals surface area contributed by atoms with Crippen molar-refractivity contribution < 1.29 is 29.3 Å². The summed E-state index contributed by atoms with van der Waals surface area (Å²) < 4.78 is 11.4. The molecule has 0 atom stereocenters. The largest absolute Gasteiger partial charge is 0.508 e. The van der Waals surface area contributed by atoms with Crippen LogP contribution in [0.1, 0.15) is 20.7 Å². The fraction of sp³-hybridized carbons (Fsp3) is 0. The number of Topliss-reactive ketones (excluding diaryl/α,β-unsaturated/α-hetero) is 2. The Bertz CT molecular complexity index is 1010. The summed E-state index contributed by atoms with van der Waals surface area (Å²) >= 11 is 0. The van der Waals surface area contributed by atoms with Gasteiger partial charge in [0.15, 0.2) is 0 Å². The number of ether oxygens (including phenoxy) is 2. The third-order valence-electron chi connectivity index (χ3n) is 4.15. The first kappa shape index (κ1) is 17.4. The van der Waals surface area contributed by atoms with Crippen molar-refractivity contribution in [1.29, 1.82) is 0 Å². The van der Waals surface area contributed by atoms with Gasteiger partial charge in [-0.05, 0) is 48.5 Å². The highest BCUT2D eigenvalue weighted by Gasteiger charge is 2.36. The fourth-order valence-electron chi connectivity index (χ4n) is 2.78. The lowest BCUT2D eigenvalue weighted by atomic mass is 9.92. The lowest BCUT2D eigenvalue weighted by Crippen LogP contribution is -2.27. The maximum absolute atomic E-state index is 13.0. The summed E-state index contributed by atoms with van der Waals surface area (Å²) in [6, 6.07) is 17.9. The van der Waals surface area contributed by atoms with E-state index in [0.717, 1.165) is 0 Å². The second kappa shape index (κ2) is 6.92. The van der Waals surface area contributed by atoms with Crippen LogP contribution >= 0.6 is 0 Å². The molecule has 3 aromatic carbocycles. The zero-order valence-electron chi connectivity index (χ0n) is 14.5. The molecule has 138 valence electrons. The number of phenolic OH excluding ortho intramolecular Hbond substituents is 2. The van der Waals surface area contributed by atoms with Crippen molar-refractivity contribution in [2.75, 3.05) is 0 Å². The lowest BCUT2D eigenvalue weighted by Gasteiger charge is -2.21. The Morgan fingerprint density at radius 1 is 0.536 bits per heavy atom. The number of aromatic hydroxyl groups is 2. The van der Waals surface area contributed by atoms with Crippen LogP contribution < -0.4 is 9.47 Å². The van der Waals surface area contributed by atoms with E-state index < -0.39 is 11.6 Å². The van der Waals surface area contributed by atoms with Crippen LogP contribution in [0.15, 0.2) is 84.3 Å². The maximum atomic E-state index is 13.0. The van der Waals surface area contributed by atoms with E-state index in [2.05, 4.69) is 0 Å². The summed E-state index contributed by atoms with van der Waals surface area (Å²) in [5.41, 5.74) is 0.443. The monoisotopic (exact) mass is 374 g/mol. The molecule has 0 saturated heterocycles. The van der Waals surface area contributed by atoms with Gasteiger partial charge in [-0.2, -0.15) is 0 Å². The molecule has 0 amide bonds. The van der Waals surface area contributed by atoms with E-state index >= 15 is 0 Å². The first-order valence-corrected chi connectivity index (χ1v) is 8.39. The van der Waals surface area contributed by atoms with Crippen LogP contribution in [-0.4, -0.2) is 21.8 Å². The summed E-state index contributed by atoms with van der Waals surface area (Å²) in [5, 5.41) is 18.8. The molecule has 3 aromatic rings. The number of carbonyl (C=O) groups is 2. The average Bonchev–Trinajstić information content (AvgIpc) is 2.71. The van der Waals surface area contributed by atoms with Crippen molar-refractivity contribution in [1.82, 2.24) is 0 Å². The third-order valence-corrected chi connectivity index (χ3v) is 4.15. The molecular formula is C22H14O6. The summed E-state index contributed by atoms with van der Waals surface area (Å²) in [4.78, 5) is 26.0. The van der Waals surface area contributed by atoms with E-state index in [0.29, 0.717) is 0 Å². The molecule has 28 heavy (non-hydrogen) atoms. The van der Waals surface area contributed by atoms with E-state index in [9.17, 15) is 19.8 Å². The topological polar surface area (TPSA) is 93.1 Å². The molecule has 6 nitrogen and oxygen atoms in total. The Kier molecular flexibility index (Phi) is 4.29. The standard InChI is InChI=1S/C22H14O6/c23-13-5-9-15(10-6-13)27-21-19(25)17-3-1-2-4-18(17)20(26)22(21)28-16-11-7-14(24)8-12-16/h1-12,23-24H. The van der Waals surface area contributed by atoms with E-state index in [-0.39, 0.29) is 45.6 Å². The number of allylic oxidation sites excluding steroid dienone is 2. The van der Waals surface area contributed by atoms with Gasteiger partial charge in [-0.25, -0.2) is 0 Å². The zero-order valence-corrected chi connectivity index (χ0v) is 14.5. The van der Waals surface area contributed by atoms with Gasteiger partial charge in [0, 0.05) is 11.1 Å². The molecule has 1 aliphatic carbocycles. The molecule has 0 fully saturated rings. The molecule has 0 saturated carbocycles. The number of ketones is 2. The molecule has 0 heterocycles. The molecule has 0 radical (unpaired) electrons. The molecular weight excluding hydrogens is 360 g/mol. The van der Waals surface area contributed by atoms with Gasteiger partial charge in [-0.1, -0.05) is 24.3 Å². The molecule has 0 unspecified atom stereocenters. The van der Waals surface area contributed by atoms with Gasteiger partial charge in [-0.3, -0.25) is 9.59 Å². The van der Waals surface area contributed by atoms with Gasteiger partial charge in [0.1, 0.15) is 23.0 Å². The fourth-order valence-corrected chi connectivity index (χ4v) is 2.78. The molecule has 2 N–H and O–H groups in total. The van der Waals surface area contributed by atoms with E-state index in [1.165, 1.54) is 48.5 Å². The minimum Gasteiger partial charge on any atom is -0.508 e. The Balaban J connectivity index is 1.80. The van der Waals surface area contributed by atoms with Crippen LogP contribution in [0.25, 0.3) is 0 Å². The van der Waals surface area contributed by atoms with Crippen LogP contribution in [0.5, 0.6) is 23.0 Å². The average molecular weight is 374 g/mol. The summed E-state index contributed by atoms with van der Waals surface area (Å²) in [7, 11) is 0. The number of benzene rings is 3. The summed E-state index contributed by atoms with van der Waals surface area (Å²) in [5.74, 6) is -0.865. The first-order valence-electron chi connectivity index (χ1n) is 8.39. The predicted molar refractivity (Wildman–Crippen MR) is 99.6 cm³/mol. The quantitative estimate of drug-likeness (QED) is 0.721. The highest BCUT2D eigenvalue weighted by molar-refractivity contribution is 6.25. The van der Waals surface area contributed by atoms with Gasteiger partial charge in [0.25, 0.3) is 0 Å². The van der Waals surface area contributed by atoms with E-state index in [4.69, 9.17) is 9.47 Å². The van der Waals surface area contributed by atoms with Gasteiger partial charge in [0.2, 0.25) is 23.1 Å². The van der Waals surface area contributed by atoms with Crippen LogP contribution in [0.3, 0.4) is 0 Å². The number of hydrogen-bond donors (Lipinski definition) is 2. The number of rotatable bonds is 4. The van der Waals surface area contributed by atoms with Crippen LogP contribution in [-0.2, 0) is 0 Å². The summed E-state index contributed by atoms with van der Waals surface area (Å²) in [6.07, 6.45) is 0. The minimum atomic E-state index is -0.489. The molecule has 0 aromatic heterocycles. The Morgan fingerprint density at radius 3 is 1.25 bits per heavy atom. The number of phenols is 2. The van der Waals surface area contributed by atoms with Gasteiger partial charge in [-0.15, -0.1) is 0 Å². The molecule has 1 aliphatic rings. The first-order chi connectivity index (χ1) is 13.5. The molecule has 0 bridgehead atoms. The van der Waals surface area contributed by atoms with E-state index in [1.807, 2.05) is 0 Å².